The van der Waals surface area contributed by atoms with E-state index in [0.717, 1.165) is 0 Å². The lowest BCUT2D eigenvalue weighted by Gasteiger charge is -2.11. The lowest BCUT2D eigenvalue weighted by Crippen LogP contribution is -2.15. The van der Waals surface area contributed by atoms with Crippen LogP contribution >= 0.6 is 11.6 Å². The second kappa shape index (κ2) is 5.11. The van der Waals surface area contributed by atoms with E-state index in [9.17, 15) is 4.79 Å². The second-order valence-corrected chi connectivity index (χ2v) is 3.62. The van der Waals surface area contributed by atoms with Crippen molar-refractivity contribution in [2.75, 3.05) is 6.61 Å². The Morgan fingerprint density at radius 2 is 2.20 bits per heavy atom. The van der Waals surface area contributed by atoms with Crippen LogP contribution in [0.5, 0.6) is 0 Å². The fourth-order valence-corrected chi connectivity index (χ4v) is 1.60. The molecule has 1 aromatic rings. The number of rotatable bonds is 4. The van der Waals surface area contributed by atoms with Gasteiger partial charge in [0.15, 0.2) is 0 Å². The van der Waals surface area contributed by atoms with E-state index in [1.165, 1.54) is 0 Å². The fourth-order valence-electron chi connectivity index (χ4n) is 1.25. The van der Waals surface area contributed by atoms with Crippen LogP contribution in [0.4, 0.5) is 0 Å². The molecule has 1 aromatic carbocycles. The second-order valence-electron chi connectivity index (χ2n) is 3.22. The van der Waals surface area contributed by atoms with Crippen molar-refractivity contribution in [3.8, 4) is 0 Å². The summed E-state index contributed by atoms with van der Waals surface area (Å²) in [6.45, 7) is -0.196. The number of carbonyl (C=O) groups is 1. The Kier molecular flexibility index (Phi) is 4.08. The summed E-state index contributed by atoms with van der Waals surface area (Å²) in [5.74, 6) is -0.912. The molecule has 1 atom stereocenters. The van der Waals surface area contributed by atoms with E-state index in [1.807, 2.05) is 0 Å². The van der Waals surface area contributed by atoms with E-state index >= 15 is 0 Å². The largest absolute Gasteiger partial charge is 0.481 e. The fraction of sp³-hybridized carbons (Fsp3) is 0.300. The molecule has 0 saturated carbocycles. The zero-order valence-electron chi connectivity index (χ0n) is 7.98. The van der Waals surface area contributed by atoms with Gasteiger partial charge in [-0.05, 0) is 17.2 Å². The predicted octanol–water partition coefficient (Wildman–Crippen LogP) is 0.959. The molecule has 1 unspecified atom stereocenters. The molecule has 1 rings (SSSR count). The molecule has 4 nitrogen and oxygen atoms in total. The lowest BCUT2D eigenvalue weighted by molar-refractivity contribution is -0.136. The number of hydrogen-bond donors (Lipinski definition) is 3. The van der Waals surface area contributed by atoms with Crippen molar-refractivity contribution in [1.29, 1.82) is 0 Å². The van der Waals surface area contributed by atoms with Crippen LogP contribution in [0.1, 0.15) is 17.2 Å². The van der Waals surface area contributed by atoms with Gasteiger partial charge in [0, 0.05) is 5.02 Å². The Labute approximate surface area is 92.3 Å². The molecule has 0 radical (unpaired) electrons. The third-order valence-corrected chi connectivity index (χ3v) is 2.34. The SMILES string of the molecule is NC(CO)c1ccc(CC(=O)O)cc1Cl. The minimum Gasteiger partial charge on any atom is -0.481 e. The van der Waals surface area contributed by atoms with E-state index in [1.54, 1.807) is 18.2 Å². The number of aliphatic hydroxyl groups is 1. The van der Waals surface area contributed by atoms with Crippen molar-refractivity contribution >= 4 is 17.6 Å². The van der Waals surface area contributed by atoms with Crippen LogP contribution in [0, 0.1) is 0 Å². The topological polar surface area (TPSA) is 83.5 Å². The molecule has 0 heterocycles. The molecule has 5 heteroatoms. The maximum Gasteiger partial charge on any atom is 0.307 e. The number of carboxylic acid groups (broad SMARTS) is 1. The first-order valence-electron chi connectivity index (χ1n) is 4.41. The average molecular weight is 230 g/mol. The first kappa shape index (κ1) is 12.0. The molecule has 0 spiro atoms. The minimum atomic E-state index is -0.912. The van der Waals surface area contributed by atoms with Gasteiger partial charge in [-0.25, -0.2) is 0 Å². The van der Waals surface area contributed by atoms with Gasteiger partial charge in [-0.3, -0.25) is 4.79 Å². The molecular weight excluding hydrogens is 218 g/mol. The Morgan fingerprint density at radius 3 is 2.67 bits per heavy atom. The predicted molar refractivity (Wildman–Crippen MR) is 56.8 cm³/mol. The summed E-state index contributed by atoms with van der Waals surface area (Å²) in [7, 11) is 0. The van der Waals surface area contributed by atoms with Gasteiger partial charge in [-0.1, -0.05) is 23.7 Å². The monoisotopic (exact) mass is 229 g/mol. The number of aliphatic hydroxyl groups excluding tert-OH is 1. The average Bonchev–Trinajstić information content (AvgIpc) is 2.16. The van der Waals surface area contributed by atoms with E-state index in [4.69, 9.17) is 27.5 Å². The molecule has 15 heavy (non-hydrogen) atoms. The van der Waals surface area contributed by atoms with Crippen LogP contribution in [0.2, 0.25) is 5.02 Å². The summed E-state index contributed by atoms with van der Waals surface area (Å²) >= 11 is 5.90. The Balaban J connectivity index is 2.92. The van der Waals surface area contributed by atoms with Gasteiger partial charge in [0.1, 0.15) is 0 Å². The Morgan fingerprint density at radius 1 is 1.53 bits per heavy atom. The minimum absolute atomic E-state index is 0.0750. The number of halogens is 1. The highest BCUT2D eigenvalue weighted by Gasteiger charge is 2.10. The summed E-state index contributed by atoms with van der Waals surface area (Å²) in [6, 6.07) is 4.31. The molecule has 82 valence electrons. The van der Waals surface area contributed by atoms with Crippen LogP contribution < -0.4 is 5.73 Å². The lowest BCUT2D eigenvalue weighted by atomic mass is 10.0. The van der Waals surface area contributed by atoms with Gasteiger partial charge >= 0.3 is 5.97 Å². The molecule has 0 saturated heterocycles. The van der Waals surface area contributed by atoms with Crippen molar-refractivity contribution in [2.24, 2.45) is 5.73 Å². The normalized spacial score (nSPS) is 12.5. The molecule has 0 bridgehead atoms. The highest BCUT2D eigenvalue weighted by atomic mass is 35.5. The van der Waals surface area contributed by atoms with Gasteiger partial charge in [0.2, 0.25) is 0 Å². The molecule has 0 amide bonds. The quantitative estimate of drug-likeness (QED) is 0.718. The Bertz CT molecular complexity index is 368. The molecule has 0 aliphatic rings. The summed E-state index contributed by atoms with van der Waals surface area (Å²) in [5, 5.41) is 17.8. The molecular formula is C10H12ClNO3. The third-order valence-electron chi connectivity index (χ3n) is 2.02. The van der Waals surface area contributed by atoms with Crippen molar-refractivity contribution in [3.05, 3.63) is 34.3 Å². The maximum absolute atomic E-state index is 10.4. The molecule has 0 aliphatic carbocycles. The highest BCUT2D eigenvalue weighted by Crippen LogP contribution is 2.22. The smallest absolute Gasteiger partial charge is 0.307 e. The van der Waals surface area contributed by atoms with Gasteiger partial charge in [0.05, 0.1) is 19.1 Å². The van der Waals surface area contributed by atoms with Crippen LogP contribution in [0.15, 0.2) is 18.2 Å². The van der Waals surface area contributed by atoms with Gasteiger partial charge < -0.3 is 15.9 Å². The van der Waals surface area contributed by atoms with E-state index < -0.39 is 12.0 Å². The molecule has 0 fully saturated rings. The number of carboxylic acids is 1. The standard InChI is InChI=1S/C10H12ClNO3/c11-8-3-6(4-10(14)15)1-2-7(8)9(12)5-13/h1-3,9,13H,4-5,12H2,(H,14,15). The van der Waals surface area contributed by atoms with Crippen molar-refractivity contribution in [2.45, 2.75) is 12.5 Å². The number of hydrogen-bond acceptors (Lipinski definition) is 3. The van der Waals surface area contributed by atoms with Crippen LogP contribution in [0.3, 0.4) is 0 Å². The number of nitrogens with two attached hydrogens (primary N) is 1. The van der Waals surface area contributed by atoms with Crippen LogP contribution in [0.25, 0.3) is 0 Å². The molecule has 0 aromatic heterocycles. The van der Waals surface area contributed by atoms with Gasteiger partial charge in [0.25, 0.3) is 0 Å². The van der Waals surface area contributed by atoms with E-state index in [2.05, 4.69) is 0 Å². The molecule has 4 N–H and O–H groups in total. The van der Waals surface area contributed by atoms with Gasteiger partial charge in [-0.15, -0.1) is 0 Å². The highest BCUT2D eigenvalue weighted by molar-refractivity contribution is 6.31. The van der Waals surface area contributed by atoms with Crippen molar-refractivity contribution in [1.82, 2.24) is 0 Å². The summed E-state index contributed by atoms with van der Waals surface area (Å²) < 4.78 is 0. The summed E-state index contributed by atoms with van der Waals surface area (Å²) in [6.07, 6.45) is -0.0750. The first-order valence-corrected chi connectivity index (χ1v) is 4.79. The third kappa shape index (κ3) is 3.20. The zero-order chi connectivity index (χ0) is 11.4. The summed E-state index contributed by atoms with van der Waals surface area (Å²) in [5.41, 5.74) is 6.83. The van der Waals surface area contributed by atoms with E-state index in [0.29, 0.717) is 16.1 Å². The van der Waals surface area contributed by atoms with Crippen molar-refractivity contribution < 1.29 is 15.0 Å². The zero-order valence-corrected chi connectivity index (χ0v) is 8.74. The molecule has 0 aliphatic heterocycles. The van der Waals surface area contributed by atoms with Gasteiger partial charge in [-0.2, -0.15) is 0 Å². The number of benzene rings is 1. The van der Waals surface area contributed by atoms with E-state index in [-0.39, 0.29) is 13.0 Å². The Hall–Kier alpha value is -1.10. The van der Waals surface area contributed by atoms with Crippen LogP contribution in [-0.4, -0.2) is 22.8 Å². The number of aliphatic carboxylic acids is 1. The van der Waals surface area contributed by atoms with Crippen molar-refractivity contribution in [3.63, 3.8) is 0 Å². The first-order chi connectivity index (χ1) is 7.04. The summed E-state index contributed by atoms with van der Waals surface area (Å²) in [4.78, 5) is 10.4. The maximum atomic E-state index is 10.4. The van der Waals surface area contributed by atoms with Crippen LogP contribution in [-0.2, 0) is 11.2 Å².